The molecule has 0 atom stereocenters. The predicted octanol–water partition coefficient (Wildman–Crippen LogP) is 5.09. The van der Waals surface area contributed by atoms with Gasteiger partial charge in [0.15, 0.2) is 0 Å². The molecule has 1 aromatic carbocycles. The smallest absolute Gasteiger partial charge is 0.307 e. The zero-order valence-electron chi connectivity index (χ0n) is 19.1. The number of carbonyl (C=O) groups is 3. The number of pyridine rings is 2. The Kier molecular flexibility index (Phi) is 6.72. The normalized spacial score (nSPS) is 15.4. The van der Waals surface area contributed by atoms with Gasteiger partial charge in [-0.3, -0.25) is 14.6 Å². The number of hydrogen-bond donors (Lipinski definition) is 1. The summed E-state index contributed by atoms with van der Waals surface area (Å²) in [6.45, 7) is 3.22. The van der Waals surface area contributed by atoms with Gasteiger partial charge in [-0.1, -0.05) is 0 Å². The zero-order chi connectivity index (χ0) is 26.1. The molecule has 3 heterocycles. The topological polar surface area (TPSA) is 95.5 Å². The van der Waals surface area contributed by atoms with E-state index in [0.717, 1.165) is 4.90 Å². The first-order chi connectivity index (χ1) is 17.0. The Morgan fingerprint density at radius 1 is 1.08 bits per heavy atom. The Labute approximate surface area is 208 Å². The zero-order valence-corrected chi connectivity index (χ0v) is 19.9. The summed E-state index contributed by atoms with van der Waals surface area (Å²) in [5.41, 5.74) is -4.54. The average molecular weight is 516 g/mol. The number of alkyl halides is 3. The molecule has 0 unspecified atom stereocenters. The van der Waals surface area contributed by atoms with Crippen molar-refractivity contribution in [2.24, 2.45) is 0 Å². The molecule has 1 aliphatic rings. The van der Waals surface area contributed by atoms with Gasteiger partial charge in [0.1, 0.15) is 11.4 Å². The minimum absolute atomic E-state index is 0.0361. The van der Waals surface area contributed by atoms with Crippen molar-refractivity contribution in [2.75, 3.05) is 10.2 Å². The van der Waals surface area contributed by atoms with Gasteiger partial charge in [-0.15, -0.1) is 0 Å². The molecule has 0 spiro atoms. The molecule has 186 valence electrons. The van der Waals surface area contributed by atoms with Crippen molar-refractivity contribution in [3.05, 3.63) is 78.2 Å². The van der Waals surface area contributed by atoms with Crippen LogP contribution in [0.3, 0.4) is 0 Å². The molecule has 12 heteroatoms. The highest BCUT2D eigenvalue weighted by Gasteiger charge is 2.51. The lowest BCUT2D eigenvalue weighted by molar-refractivity contribution is -0.123. The van der Waals surface area contributed by atoms with E-state index in [0.29, 0.717) is 11.1 Å². The standard InChI is InChI=1S/C24H20F3N5O3S/c1-23(2)21(34)32(17-5-7-18(8-6-17)36-24(25,26)27)22(35)31(23)14-15-9-11-29-19(12-15)30-20(33)16-4-3-10-28-13-16/h3-13H,14H2,1-2H3,(H,29,30,33). The molecular weight excluding hydrogens is 495 g/mol. The lowest BCUT2D eigenvalue weighted by Crippen LogP contribution is -2.43. The van der Waals surface area contributed by atoms with Gasteiger partial charge in [-0.05, 0) is 79.7 Å². The maximum atomic E-state index is 13.3. The van der Waals surface area contributed by atoms with Crippen LogP contribution in [0.1, 0.15) is 29.8 Å². The van der Waals surface area contributed by atoms with Crippen molar-refractivity contribution in [1.82, 2.24) is 14.9 Å². The van der Waals surface area contributed by atoms with Crippen molar-refractivity contribution in [1.29, 1.82) is 0 Å². The van der Waals surface area contributed by atoms with Crippen LogP contribution in [0.15, 0.2) is 72.0 Å². The highest BCUT2D eigenvalue weighted by molar-refractivity contribution is 8.00. The number of imide groups is 1. The van der Waals surface area contributed by atoms with Crippen LogP contribution in [0, 0.1) is 0 Å². The number of amides is 4. The SMILES string of the molecule is CC1(C)C(=O)N(c2ccc(SC(F)(F)F)cc2)C(=O)N1Cc1ccnc(NC(=O)c2cccnc2)c1. The number of nitrogens with zero attached hydrogens (tertiary/aromatic N) is 4. The van der Waals surface area contributed by atoms with Gasteiger partial charge >= 0.3 is 11.5 Å². The predicted molar refractivity (Wildman–Crippen MR) is 127 cm³/mol. The van der Waals surface area contributed by atoms with Crippen LogP contribution < -0.4 is 10.2 Å². The second-order valence-corrected chi connectivity index (χ2v) is 9.49. The fourth-order valence-corrected chi connectivity index (χ4v) is 4.17. The summed E-state index contributed by atoms with van der Waals surface area (Å²) in [6.07, 6.45) is 4.43. The lowest BCUT2D eigenvalue weighted by Gasteiger charge is -2.27. The summed E-state index contributed by atoms with van der Waals surface area (Å²) in [5, 5.41) is 2.67. The van der Waals surface area contributed by atoms with E-state index >= 15 is 0 Å². The second kappa shape index (κ2) is 9.61. The summed E-state index contributed by atoms with van der Waals surface area (Å²) in [5.74, 6) is -0.659. The number of anilines is 2. The molecule has 1 aliphatic heterocycles. The van der Waals surface area contributed by atoms with E-state index in [1.807, 2.05) is 0 Å². The molecule has 4 rings (SSSR count). The molecule has 36 heavy (non-hydrogen) atoms. The minimum Gasteiger partial charge on any atom is -0.307 e. The van der Waals surface area contributed by atoms with Crippen LogP contribution >= 0.6 is 11.8 Å². The summed E-state index contributed by atoms with van der Waals surface area (Å²) in [7, 11) is 0. The molecule has 0 saturated carbocycles. The van der Waals surface area contributed by atoms with E-state index < -0.39 is 28.9 Å². The largest absolute Gasteiger partial charge is 0.446 e. The highest BCUT2D eigenvalue weighted by Crippen LogP contribution is 2.39. The van der Waals surface area contributed by atoms with Gasteiger partial charge in [0, 0.05) is 30.0 Å². The van der Waals surface area contributed by atoms with Gasteiger partial charge in [0.25, 0.3) is 11.8 Å². The molecule has 3 aromatic rings. The first kappa shape index (κ1) is 25.2. The third kappa shape index (κ3) is 5.33. The summed E-state index contributed by atoms with van der Waals surface area (Å²) < 4.78 is 37.9. The van der Waals surface area contributed by atoms with Crippen molar-refractivity contribution in [3.63, 3.8) is 0 Å². The van der Waals surface area contributed by atoms with E-state index in [-0.39, 0.29) is 34.7 Å². The van der Waals surface area contributed by atoms with Crippen molar-refractivity contribution in [2.45, 2.75) is 36.3 Å². The van der Waals surface area contributed by atoms with Gasteiger partial charge in [-0.25, -0.2) is 14.7 Å². The summed E-state index contributed by atoms with van der Waals surface area (Å²) >= 11 is -0.278. The number of hydrogen-bond acceptors (Lipinski definition) is 6. The number of nitrogens with one attached hydrogen (secondary N) is 1. The van der Waals surface area contributed by atoms with Crippen LogP contribution in [-0.2, 0) is 11.3 Å². The van der Waals surface area contributed by atoms with Gasteiger partial charge < -0.3 is 10.2 Å². The Bertz CT molecular complexity index is 1300. The molecular formula is C24H20F3N5O3S. The van der Waals surface area contributed by atoms with Crippen LogP contribution in [0.2, 0.25) is 0 Å². The van der Waals surface area contributed by atoms with Crippen molar-refractivity contribution < 1.29 is 27.6 Å². The van der Waals surface area contributed by atoms with Crippen molar-refractivity contribution >= 4 is 41.1 Å². The molecule has 1 N–H and O–H groups in total. The first-order valence-electron chi connectivity index (χ1n) is 10.6. The molecule has 0 aliphatic carbocycles. The quantitative estimate of drug-likeness (QED) is 0.363. The Hall–Kier alpha value is -3.93. The lowest BCUT2D eigenvalue weighted by atomic mass is 10.0. The summed E-state index contributed by atoms with van der Waals surface area (Å²) in [4.78, 5) is 49.1. The molecule has 0 bridgehead atoms. The number of benzene rings is 1. The van der Waals surface area contributed by atoms with Crippen molar-refractivity contribution in [3.8, 4) is 0 Å². The molecule has 1 fully saturated rings. The van der Waals surface area contributed by atoms with E-state index in [4.69, 9.17) is 0 Å². The number of aromatic nitrogens is 2. The number of carbonyl (C=O) groups excluding carboxylic acids is 3. The molecule has 1 saturated heterocycles. The number of urea groups is 1. The number of rotatable bonds is 6. The first-order valence-corrected chi connectivity index (χ1v) is 11.5. The monoisotopic (exact) mass is 515 g/mol. The Balaban J connectivity index is 1.52. The van der Waals surface area contributed by atoms with E-state index in [1.54, 1.807) is 44.3 Å². The Morgan fingerprint density at radius 3 is 2.44 bits per heavy atom. The molecule has 4 amide bonds. The van der Waals surface area contributed by atoms with Crippen LogP contribution in [0.4, 0.5) is 29.5 Å². The number of thioether (sulfide) groups is 1. The second-order valence-electron chi connectivity index (χ2n) is 8.36. The third-order valence-electron chi connectivity index (χ3n) is 5.48. The minimum atomic E-state index is -4.44. The van der Waals surface area contributed by atoms with Crippen LogP contribution in [0.25, 0.3) is 0 Å². The van der Waals surface area contributed by atoms with Gasteiger partial charge in [0.2, 0.25) is 0 Å². The number of halogens is 3. The molecule has 2 aromatic heterocycles. The van der Waals surface area contributed by atoms with Gasteiger partial charge in [0.05, 0.1) is 11.3 Å². The average Bonchev–Trinajstić information content (AvgIpc) is 2.99. The molecule has 0 radical (unpaired) electrons. The fourth-order valence-electron chi connectivity index (χ4n) is 3.63. The van der Waals surface area contributed by atoms with Crippen LogP contribution in [0.5, 0.6) is 0 Å². The molecule has 8 nitrogen and oxygen atoms in total. The summed E-state index contributed by atoms with van der Waals surface area (Å²) in [6, 6.07) is 10.9. The highest BCUT2D eigenvalue weighted by atomic mass is 32.2. The third-order valence-corrected chi connectivity index (χ3v) is 6.22. The van der Waals surface area contributed by atoms with E-state index in [2.05, 4.69) is 15.3 Å². The van der Waals surface area contributed by atoms with Crippen LogP contribution in [-0.4, -0.2) is 43.8 Å². The van der Waals surface area contributed by atoms with E-state index in [1.165, 1.54) is 41.6 Å². The fraction of sp³-hybridized carbons (Fsp3) is 0.208. The maximum Gasteiger partial charge on any atom is 0.446 e. The van der Waals surface area contributed by atoms with Gasteiger partial charge in [-0.2, -0.15) is 13.2 Å². The maximum absolute atomic E-state index is 13.3. The Morgan fingerprint density at radius 2 is 1.81 bits per heavy atom. The van der Waals surface area contributed by atoms with E-state index in [9.17, 15) is 27.6 Å².